The summed E-state index contributed by atoms with van der Waals surface area (Å²) in [5.41, 5.74) is 0.785. The van der Waals surface area contributed by atoms with Gasteiger partial charge in [0.1, 0.15) is 0 Å². The van der Waals surface area contributed by atoms with Crippen LogP contribution in [0.5, 0.6) is 0 Å². The molecule has 1 aromatic rings. The summed E-state index contributed by atoms with van der Waals surface area (Å²) in [4.78, 5) is 0. The largest absolute Gasteiger partial charge is 0.390 e. The molecule has 0 aliphatic rings. The van der Waals surface area contributed by atoms with Crippen LogP contribution < -0.4 is 0 Å². The fourth-order valence-electron chi connectivity index (χ4n) is 1.70. The third kappa shape index (κ3) is 3.09. The Balaban J connectivity index is 2.95. The minimum absolute atomic E-state index is 0.399. The van der Waals surface area contributed by atoms with E-state index in [1.54, 1.807) is 6.92 Å². The normalized spacial score (nSPS) is 16.9. The van der Waals surface area contributed by atoms with E-state index in [4.69, 9.17) is 0 Å². The minimum atomic E-state index is -1.06. The second kappa shape index (κ2) is 5.50. The molecule has 1 aromatic heterocycles. The lowest BCUT2D eigenvalue weighted by Gasteiger charge is -2.28. The first-order chi connectivity index (χ1) is 7.83. The predicted molar refractivity (Wildman–Crippen MR) is 71.0 cm³/mol. The van der Waals surface area contributed by atoms with E-state index < -0.39 is 11.7 Å². The van der Waals surface area contributed by atoms with Gasteiger partial charge in [-0.15, -0.1) is 0 Å². The lowest BCUT2D eigenvalue weighted by molar-refractivity contribution is -0.0637. The van der Waals surface area contributed by atoms with E-state index in [2.05, 4.69) is 21.0 Å². The van der Waals surface area contributed by atoms with Gasteiger partial charge in [-0.2, -0.15) is 5.10 Å². The van der Waals surface area contributed by atoms with Gasteiger partial charge < -0.3 is 10.2 Å². The zero-order chi connectivity index (χ0) is 13.2. The van der Waals surface area contributed by atoms with Crippen LogP contribution in [0.3, 0.4) is 0 Å². The highest BCUT2D eigenvalue weighted by Crippen LogP contribution is 2.25. The van der Waals surface area contributed by atoms with E-state index in [1.165, 1.54) is 0 Å². The number of hydrogen-bond donors (Lipinski definition) is 2. The van der Waals surface area contributed by atoms with Gasteiger partial charge in [0.05, 0.1) is 27.6 Å². The molecule has 4 nitrogen and oxygen atoms in total. The molecule has 0 aromatic carbocycles. The van der Waals surface area contributed by atoms with Crippen molar-refractivity contribution in [2.24, 2.45) is 0 Å². The molecule has 0 saturated heterocycles. The fraction of sp³-hybridized carbons (Fsp3) is 0.750. The smallest absolute Gasteiger partial charge is 0.0879 e. The Morgan fingerprint density at radius 1 is 1.47 bits per heavy atom. The molecule has 0 saturated carbocycles. The summed E-state index contributed by atoms with van der Waals surface area (Å²) < 4.78 is 2.78. The van der Waals surface area contributed by atoms with E-state index in [0.29, 0.717) is 12.8 Å². The van der Waals surface area contributed by atoms with E-state index in [9.17, 15) is 10.2 Å². The first-order valence-electron chi connectivity index (χ1n) is 5.95. The summed E-state index contributed by atoms with van der Waals surface area (Å²) in [6, 6.07) is 0. The summed E-state index contributed by atoms with van der Waals surface area (Å²) in [5.74, 6) is 0. The summed E-state index contributed by atoms with van der Waals surface area (Å²) in [5, 5.41) is 24.5. The van der Waals surface area contributed by atoms with Crippen LogP contribution in [0.25, 0.3) is 0 Å². The average molecular weight is 305 g/mol. The van der Waals surface area contributed by atoms with Crippen molar-refractivity contribution in [3.63, 3.8) is 0 Å². The predicted octanol–water partition coefficient (Wildman–Crippen LogP) is 2.04. The number of aromatic nitrogens is 2. The third-order valence-electron chi connectivity index (χ3n) is 3.27. The number of halogens is 1. The first-order valence-corrected chi connectivity index (χ1v) is 6.75. The van der Waals surface area contributed by atoms with Crippen molar-refractivity contribution in [2.45, 2.75) is 58.8 Å². The summed E-state index contributed by atoms with van der Waals surface area (Å²) in [6.07, 6.45) is 0.131. The van der Waals surface area contributed by atoms with E-state index in [1.807, 2.05) is 25.5 Å². The van der Waals surface area contributed by atoms with Crippen molar-refractivity contribution < 1.29 is 10.2 Å². The van der Waals surface area contributed by atoms with E-state index >= 15 is 0 Å². The molecule has 0 fully saturated rings. The van der Waals surface area contributed by atoms with Crippen LogP contribution in [0.1, 0.15) is 38.6 Å². The summed E-state index contributed by atoms with van der Waals surface area (Å²) in [6.45, 7) is 8.20. The highest BCUT2D eigenvalue weighted by atomic mass is 79.9. The van der Waals surface area contributed by atoms with Crippen LogP contribution in [0, 0.1) is 6.92 Å². The Hall–Kier alpha value is -0.390. The van der Waals surface area contributed by atoms with Crippen LogP contribution in [0.4, 0.5) is 0 Å². The van der Waals surface area contributed by atoms with Gasteiger partial charge in [-0.25, -0.2) is 0 Å². The van der Waals surface area contributed by atoms with Gasteiger partial charge >= 0.3 is 0 Å². The van der Waals surface area contributed by atoms with Gasteiger partial charge in [-0.3, -0.25) is 4.68 Å². The molecule has 17 heavy (non-hydrogen) atoms. The molecule has 1 rings (SSSR count). The topological polar surface area (TPSA) is 58.3 Å². The zero-order valence-electron chi connectivity index (χ0n) is 10.9. The Morgan fingerprint density at radius 2 is 2.06 bits per heavy atom. The number of hydrogen-bond acceptors (Lipinski definition) is 3. The lowest BCUT2D eigenvalue weighted by Crippen LogP contribution is -2.40. The number of aryl methyl sites for hydroxylation is 2. The highest BCUT2D eigenvalue weighted by Gasteiger charge is 2.30. The van der Waals surface area contributed by atoms with Crippen molar-refractivity contribution >= 4 is 15.9 Å². The van der Waals surface area contributed by atoms with Crippen molar-refractivity contribution in [2.75, 3.05) is 0 Å². The quantitative estimate of drug-likeness (QED) is 0.875. The SMILES string of the molecule is CCn1nc(C)c(Br)c1CC(O)C(C)(O)CC. The minimum Gasteiger partial charge on any atom is -0.390 e. The van der Waals surface area contributed by atoms with Crippen LogP contribution in [-0.4, -0.2) is 31.7 Å². The van der Waals surface area contributed by atoms with Crippen LogP contribution in [0.15, 0.2) is 4.47 Å². The maximum Gasteiger partial charge on any atom is 0.0879 e. The van der Waals surface area contributed by atoms with Gasteiger partial charge in [-0.1, -0.05) is 6.92 Å². The van der Waals surface area contributed by atoms with Gasteiger partial charge in [0, 0.05) is 13.0 Å². The second-order valence-electron chi connectivity index (χ2n) is 4.59. The van der Waals surface area contributed by atoms with Crippen molar-refractivity contribution in [3.05, 3.63) is 15.9 Å². The molecular weight excluding hydrogens is 284 g/mol. The molecule has 0 radical (unpaired) electrons. The first kappa shape index (κ1) is 14.7. The molecule has 2 atom stereocenters. The number of aliphatic hydroxyl groups excluding tert-OH is 1. The molecule has 0 spiro atoms. The summed E-state index contributed by atoms with van der Waals surface area (Å²) in [7, 11) is 0. The van der Waals surface area contributed by atoms with Gasteiger partial charge in [0.25, 0.3) is 0 Å². The van der Waals surface area contributed by atoms with E-state index in [0.717, 1.165) is 22.4 Å². The average Bonchev–Trinajstić information content (AvgIpc) is 2.56. The maximum atomic E-state index is 10.1. The molecule has 0 amide bonds. The Kier molecular flexibility index (Phi) is 4.75. The number of rotatable bonds is 5. The molecule has 5 heteroatoms. The highest BCUT2D eigenvalue weighted by molar-refractivity contribution is 9.10. The molecular formula is C12H21BrN2O2. The molecule has 2 unspecified atom stereocenters. The third-order valence-corrected chi connectivity index (χ3v) is 4.30. The molecule has 0 bridgehead atoms. The summed E-state index contributed by atoms with van der Waals surface area (Å²) >= 11 is 3.48. The Bertz CT molecular complexity index is 388. The second-order valence-corrected chi connectivity index (χ2v) is 5.39. The van der Waals surface area contributed by atoms with Gasteiger partial charge in [-0.05, 0) is 43.1 Å². The van der Waals surface area contributed by atoms with Gasteiger partial charge in [0.2, 0.25) is 0 Å². The molecule has 98 valence electrons. The van der Waals surface area contributed by atoms with Gasteiger partial charge in [0.15, 0.2) is 0 Å². The molecule has 0 aliphatic carbocycles. The molecule has 1 heterocycles. The standard InChI is InChI=1S/C12H21BrN2O2/c1-5-12(4,17)10(16)7-9-11(13)8(3)14-15(9)6-2/h10,16-17H,5-7H2,1-4H3. The molecule has 0 aliphatic heterocycles. The van der Waals surface area contributed by atoms with E-state index in [-0.39, 0.29) is 0 Å². The Labute approximate surface area is 111 Å². The van der Waals surface area contributed by atoms with Crippen LogP contribution in [-0.2, 0) is 13.0 Å². The van der Waals surface area contributed by atoms with Crippen LogP contribution >= 0.6 is 15.9 Å². The van der Waals surface area contributed by atoms with Crippen molar-refractivity contribution in [1.82, 2.24) is 9.78 Å². The number of aliphatic hydroxyl groups is 2. The van der Waals surface area contributed by atoms with Crippen LogP contribution in [0.2, 0.25) is 0 Å². The fourth-order valence-corrected chi connectivity index (χ4v) is 2.15. The maximum absolute atomic E-state index is 10.1. The molecule has 2 N–H and O–H groups in total. The number of nitrogens with zero attached hydrogens (tertiary/aromatic N) is 2. The van der Waals surface area contributed by atoms with Crippen molar-refractivity contribution in [1.29, 1.82) is 0 Å². The van der Waals surface area contributed by atoms with Crippen molar-refractivity contribution in [3.8, 4) is 0 Å². The lowest BCUT2D eigenvalue weighted by atomic mass is 9.92. The Morgan fingerprint density at radius 3 is 2.53 bits per heavy atom. The zero-order valence-corrected chi connectivity index (χ0v) is 12.5. The monoisotopic (exact) mass is 304 g/mol.